The molecule has 104 valence electrons. The largest absolute Gasteiger partial charge is 0.460 e. The molecule has 1 atom stereocenters. The maximum absolute atomic E-state index is 11.9. The first-order chi connectivity index (χ1) is 9.75. The highest BCUT2D eigenvalue weighted by molar-refractivity contribution is 5.75. The fraction of sp³-hybridized carbons (Fsp3) is 0.235. The lowest BCUT2D eigenvalue weighted by atomic mass is 10.2. The Morgan fingerprint density at radius 1 is 1.00 bits per heavy atom. The van der Waals surface area contributed by atoms with E-state index in [-0.39, 0.29) is 12.0 Å². The molecule has 0 saturated carbocycles. The molecule has 0 spiro atoms. The summed E-state index contributed by atoms with van der Waals surface area (Å²) in [5, 5.41) is 3.16. The van der Waals surface area contributed by atoms with Gasteiger partial charge in [-0.15, -0.1) is 0 Å². The van der Waals surface area contributed by atoms with Gasteiger partial charge < -0.3 is 10.1 Å². The van der Waals surface area contributed by atoms with E-state index in [2.05, 4.69) is 5.32 Å². The van der Waals surface area contributed by atoms with Crippen LogP contribution < -0.4 is 5.32 Å². The first kappa shape index (κ1) is 14.3. The van der Waals surface area contributed by atoms with Crippen LogP contribution in [0.1, 0.15) is 18.1 Å². The molecule has 3 nitrogen and oxygen atoms in total. The lowest BCUT2D eigenvalue weighted by Crippen LogP contribution is -2.34. The number of esters is 1. The van der Waals surface area contributed by atoms with Crippen molar-refractivity contribution in [2.75, 3.05) is 0 Å². The molecule has 0 bridgehead atoms. The van der Waals surface area contributed by atoms with Crippen molar-refractivity contribution in [3.05, 3.63) is 71.8 Å². The average Bonchev–Trinajstić information content (AvgIpc) is 2.52. The highest BCUT2D eigenvalue weighted by atomic mass is 16.5. The van der Waals surface area contributed by atoms with Crippen LogP contribution in [0.5, 0.6) is 0 Å². The van der Waals surface area contributed by atoms with Gasteiger partial charge in [0, 0.05) is 6.54 Å². The zero-order valence-electron chi connectivity index (χ0n) is 11.6. The zero-order chi connectivity index (χ0) is 14.2. The van der Waals surface area contributed by atoms with Crippen LogP contribution in [0.3, 0.4) is 0 Å². The van der Waals surface area contributed by atoms with Gasteiger partial charge in [-0.05, 0) is 18.1 Å². The molecule has 0 aromatic heterocycles. The van der Waals surface area contributed by atoms with E-state index in [1.165, 1.54) is 0 Å². The second-order valence-corrected chi connectivity index (χ2v) is 4.68. The lowest BCUT2D eigenvalue weighted by molar-refractivity contribution is -0.147. The van der Waals surface area contributed by atoms with Crippen LogP contribution >= 0.6 is 0 Å². The number of ether oxygens (including phenoxy) is 1. The summed E-state index contributed by atoms with van der Waals surface area (Å²) >= 11 is 0. The lowest BCUT2D eigenvalue weighted by Gasteiger charge is -2.13. The topological polar surface area (TPSA) is 38.3 Å². The van der Waals surface area contributed by atoms with E-state index in [1.807, 2.05) is 67.6 Å². The summed E-state index contributed by atoms with van der Waals surface area (Å²) in [6, 6.07) is 19.3. The summed E-state index contributed by atoms with van der Waals surface area (Å²) in [6.07, 6.45) is 0. The molecular formula is C17H19NO2. The van der Waals surface area contributed by atoms with Crippen molar-refractivity contribution in [3.63, 3.8) is 0 Å². The Labute approximate surface area is 119 Å². The number of hydrogen-bond donors (Lipinski definition) is 1. The molecule has 0 aliphatic carbocycles. The summed E-state index contributed by atoms with van der Waals surface area (Å²) in [6.45, 7) is 2.79. The molecule has 0 fully saturated rings. The molecule has 2 aromatic carbocycles. The molecule has 0 radical (unpaired) electrons. The third kappa shape index (κ3) is 4.52. The minimum Gasteiger partial charge on any atom is -0.460 e. The van der Waals surface area contributed by atoms with Crippen LogP contribution in [-0.4, -0.2) is 12.0 Å². The minimum atomic E-state index is -0.320. The quantitative estimate of drug-likeness (QED) is 0.819. The fourth-order valence-corrected chi connectivity index (χ4v) is 1.80. The van der Waals surface area contributed by atoms with Crippen LogP contribution in [-0.2, 0) is 22.7 Å². The first-order valence-corrected chi connectivity index (χ1v) is 6.73. The van der Waals surface area contributed by atoms with Crippen LogP contribution in [0.25, 0.3) is 0 Å². The molecule has 3 heteroatoms. The third-order valence-electron chi connectivity index (χ3n) is 3.03. The van der Waals surface area contributed by atoms with Gasteiger partial charge in [-0.1, -0.05) is 60.7 Å². The van der Waals surface area contributed by atoms with Gasteiger partial charge in [-0.3, -0.25) is 4.79 Å². The summed E-state index contributed by atoms with van der Waals surface area (Å²) in [5.74, 6) is -0.232. The van der Waals surface area contributed by atoms with Gasteiger partial charge >= 0.3 is 5.97 Å². The molecule has 20 heavy (non-hydrogen) atoms. The molecule has 0 saturated heterocycles. The Balaban J connectivity index is 1.75. The van der Waals surface area contributed by atoms with Gasteiger partial charge in [-0.25, -0.2) is 0 Å². The number of rotatable bonds is 6. The van der Waals surface area contributed by atoms with Crippen molar-refractivity contribution >= 4 is 5.97 Å². The highest BCUT2D eigenvalue weighted by Crippen LogP contribution is 2.03. The van der Waals surface area contributed by atoms with E-state index in [9.17, 15) is 4.79 Å². The van der Waals surface area contributed by atoms with E-state index in [4.69, 9.17) is 4.74 Å². The van der Waals surface area contributed by atoms with E-state index in [0.717, 1.165) is 11.1 Å². The van der Waals surface area contributed by atoms with Crippen LogP contribution in [0, 0.1) is 0 Å². The molecule has 0 unspecified atom stereocenters. The number of hydrogen-bond acceptors (Lipinski definition) is 3. The van der Waals surface area contributed by atoms with Crippen molar-refractivity contribution in [2.24, 2.45) is 0 Å². The molecule has 0 aliphatic rings. The number of carbonyl (C=O) groups is 1. The number of carbonyl (C=O) groups excluding carboxylic acids is 1. The van der Waals surface area contributed by atoms with Crippen LogP contribution in [0.2, 0.25) is 0 Å². The Hall–Kier alpha value is -2.13. The molecule has 1 N–H and O–H groups in total. The monoisotopic (exact) mass is 269 g/mol. The normalized spacial score (nSPS) is 11.8. The average molecular weight is 269 g/mol. The van der Waals surface area contributed by atoms with Crippen molar-refractivity contribution < 1.29 is 9.53 Å². The van der Waals surface area contributed by atoms with E-state index in [0.29, 0.717) is 13.2 Å². The Morgan fingerprint density at radius 3 is 2.15 bits per heavy atom. The fourth-order valence-electron chi connectivity index (χ4n) is 1.80. The first-order valence-electron chi connectivity index (χ1n) is 6.73. The summed E-state index contributed by atoms with van der Waals surface area (Å²) in [5.41, 5.74) is 2.14. The summed E-state index contributed by atoms with van der Waals surface area (Å²) < 4.78 is 5.28. The molecule has 2 rings (SSSR count). The SMILES string of the molecule is C[C@H](NCc1ccccc1)C(=O)OCc1ccccc1. The predicted molar refractivity (Wildman–Crippen MR) is 79.0 cm³/mol. The Bertz CT molecular complexity index is 525. The van der Waals surface area contributed by atoms with Crippen LogP contribution in [0.4, 0.5) is 0 Å². The van der Waals surface area contributed by atoms with Gasteiger partial charge in [0.25, 0.3) is 0 Å². The molecule has 0 aliphatic heterocycles. The maximum atomic E-state index is 11.9. The molecule has 2 aromatic rings. The summed E-state index contributed by atoms with van der Waals surface area (Å²) in [4.78, 5) is 11.9. The highest BCUT2D eigenvalue weighted by Gasteiger charge is 2.13. The Kier molecular flexibility index (Phi) is 5.33. The van der Waals surface area contributed by atoms with Crippen molar-refractivity contribution in [1.29, 1.82) is 0 Å². The third-order valence-corrected chi connectivity index (χ3v) is 3.03. The van der Waals surface area contributed by atoms with Gasteiger partial charge in [0.2, 0.25) is 0 Å². The number of nitrogens with one attached hydrogen (secondary N) is 1. The second-order valence-electron chi connectivity index (χ2n) is 4.68. The standard InChI is InChI=1S/C17H19NO2/c1-14(18-12-15-8-4-2-5-9-15)17(19)20-13-16-10-6-3-7-11-16/h2-11,14,18H,12-13H2,1H3/t14-/m0/s1. The number of benzene rings is 2. The molecular weight excluding hydrogens is 250 g/mol. The van der Waals surface area contributed by atoms with Crippen molar-refractivity contribution in [1.82, 2.24) is 5.32 Å². The van der Waals surface area contributed by atoms with Crippen molar-refractivity contribution in [3.8, 4) is 0 Å². The Morgan fingerprint density at radius 2 is 1.55 bits per heavy atom. The van der Waals surface area contributed by atoms with Gasteiger partial charge in [0.15, 0.2) is 0 Å². The van der Waals surface area contributed by atoms with E-state index >= 15 is 0 Å². The molecule has 0 amide bonds. The van der Waals surface area contributed by atoms with Gasteiger partial charge in [0.05, 0.1) is 0 Å². The maximum Gasteiger partial charge on any atom is 0.323 e. The zero-order valence-corrected chi connectivity index (χ0v) is 11.6. The molecule has 0 heterocycles. The van der Waals surface area contributed by atoms with Crippen molar-refractivity contribution in [2.45, 2.75) is 26.1 Å². The van der Waals surface area contributed by atoms with Gasteiger partial charge in [0.1, 0.15) is 12.6 Å². The van der Waals surface area contributed by atoms with Crippen LogP contribution in [0.15, 0.2) is 60.7 Å². The summed E-state index contributed by atoms with van der Waals surface area (Å²) in [7, 11) is 0. The predicted octanol–water partition coefficient (Wildman–Crippen LogP) is 2.91. The van der Waals surface area contributed by atoms with E-state index < -0.39 is 0 Å². The second kappa shape index (κ2) is 7.46. The van der Waals surface area contributed by atoms with E-state index in [1.54, 1.807) is 0 Å². The minimum absolute atomic E-state index is 0.232. The van der Waals surface area contributed by atoms with Gasteiger partial charge in [-0.2, -0.15) is 0 Å². The smallest absolute Gasteiger partial charge is 0.323 e.